The predicted molar refractivity (Wildman–Crippen MR) is 85.5 cm³/mol. The Balaban J connectivity index is 2.40. The van der Waals surface area contributed by atoms with Crippen molar-refractivity contribution in [3.05, 3.63) is 24.3 Å². The Hall–Kier alpha value is -1.07. The van der Waals surface area contributed by atoms with Gasteiger partial charge in [-0.2, -0.15) is 0 Å². The van der Waals surface area contributed by atoms with E-state index in [1.54, 1.807) is 12.1 Å². The summed E-state index contributed by atoms with van der Waals surface area (Å²) in [4.78, 5) is 2.50. The first-order chi connectivity index (χ1) is 10.1. The van der Waals surface area contributed by atoms with Crippen LogP contribution in [0.5, 0.6) is 0 Å². The highest BCUT2D eigenvalue weighted by Crippen LogP contribution is 2.32. The lowest BCUT2D eigenvalue weighted by Crippen LogP contribution is -2.36. The highest BCUT2D eigenvalue weighted by atomic mass is 32.2. The molecule has 1 aromatic rings. The number of aliphatic hydroxyl groups excluding tert-OH is 1. The van der Waals surface area contributed by atoms with Crippen LogP contribution in [0, 0.1) is 0 Å². The molecule has 2 rings (SSSR count). The molecule has 0 radical (unpaired) electrons. The average Bonchev–Trinajstić information content (AvgIpc) is 2.98. The summed E-state index contributed by atoms with van der Waals surface area (Å²) in [5.41, 5.74) is 0.756. The topological polar surface area (TPSA) is 57.6 Å². The van der Waals surface area contributed by atoms with Gasteiger partial charge in [0.1, 0.15) is 0 Å². The normalized spacial score (nSPS) is 16.3. The maximum atomic E-state index is 12.5. The minimum atomic E-state index is -3.26. The van der Waals surface area contributed by atoms with Gasteiger partial charge in [-0.1, -0.05) is 31.9 Å². The number of hydrogen-bond donors (Lipinski definition) is 1. The van der Waals surface area contributed by atoms with Crippen molar-refractivity contribution < 1.29 is 13.5 Å². The number of sulfone groups is 1. The molecule has 1 fully saturated rings. The number of hydrogen-bond acceptors (Lipinski definition) is 4. The second kappa shape index (κ2) is 7.27. The standard InChI is InChI=1S/C16H25NO3S/c1-2-13-21(19,20)16-10-6-5-9-15(16)17(11-12-18)14-7-3-4-8-14/h5-6,9-10,14,18H,2-4,7-8,11-13H2,1H3. The Morgan fingerprint density at radius 2 is 1.90 bits per heavy atom. The van der Waals surface area contributed by atoms with Crippen molar-refractivity contribution in [2.24, 2.45) is 0 Å². The van der Waals surface area contributed by atoms with E-state index in [4.69, 9.17) is 0 Å². The zero-order valence-corrected chi connectivity index (χ0v) is 13.5. The van der Waals surface area contributed by atoms with Crippen LogP contribution in [0.4, 0.5) is 5.69 Å². The van der Waals surface area contributed by atoms with Crippen LogP contribution in [-0.2, 0) is 9.84 Å². The van der Waals surface area contributed by atoms with Crippen molar-refractivity contribution in [3.63, 3.8) is 0 Å². The molecule has 0 aromatic heterocycles. The number of para-hydroxylation sites is 1. The van der Waals surface area contributed by atoms with Crippen molar-refractivity contribution in [1.29, 1.82) is 0 Å². The molecule has 1 N–H and O–H groups in total. The molecular formula is C16H25NO3S. The number of rotatable bonds is 7. The summed E-state index contributed by atoms with van der Waals surface area (Å²) in [6, 6.07) is 7.56. The lowest BCUT2D eigenvalue weighted by atomic mass is 10.1. The van der Waals surface area contributed by atoms with E-state index in [1.807, 2.05) is 19.1 Å². The first-order valence-corrected chi connectivity index (χ1v) is 9.44. The average molecular weight is 311 g/mol. The van der Waals surface area contributed by atoms with Crippen LogP contribution in [0.15, 0.2) is 29.2 Å². The second-order valence-electron chi connectivity index (χ2n) is 5.64. The third-order valence-electron chi connectivity index (χ3n) is 4.09. The summed E-state index contributed by atoms with van der Waals surface area (Å²) in [5.74, 6) is 0.168. The first-order valence-electron chi connectivity index (χ1n) is 7.79. The third-order valence-corrected chi connectivity index (χ3v) is 6.05. The molecule has 0 atom stereocenters. The molecule has 0 heterocycles. The number of aliphatic hydroxyl groups is 1. The lowest BCUT2D eigenvalue weighted by molar-refractivity contribution is 0.297. The maximum absolute atomic E-state index is 12.5. The molecule has 4 nitrogen and oxygen atoms in total. The third kappa shape index (κ3) is 3.77. The molecule has 0 unspecified atom stereocenters. The Labute approximate surface area is 127 Å². The Kier molecular flexibility index (Phi) is 5.65. The summed E-state index contributed by atoms with van der Waals surface area (Å²) in [7, 11) is -3.26. The van der Waals surface area contributed by atoms with Gasteiger partial charge in [0.15, 0.2) is 9.84 Å². The van der Waals surface area contributed by atoms with E-state index in [1.165, 1.54) is 12.8 Å². The molecule has 1 aromatic carbocycles. The predicted octanol–water partition coefficient (Wildman–Crippen LogP) is 2.61. The SMILES string of the molecule is CCCS(=O)(=O)c1ccccc1N(CCO)C1CCCC1. The van der Waals surface area contributed by atoms with Crippen LogP contribution < -0.4 is 4.90 Å². The Morgan fingerprint density at radius 3 is 2.52 bits per heavy atom. The smallest absolute Gasteiger partial charge is 0.180 e. The fraction of sp³-hybridized carbons (Fsp3) is 0.625. The van der Waals surface area contributed by atoms with Gasteiger partial charge in [0.2, 0.25) is 0 Å². The van der Waals surface area contributed by atoms with E-state index in [2.05, 4.69) is 4.90 Å². The fourth-order valence-electron chi connectivity index (χ4n) is 3.16. The van der Waals surface area contributed by atoms with E-state index >= 15 is 0 Å². The highest BCUT2D eigenvalue weighted by molar-refractivity contribution is 7.91. The van der Waals surface area contributed by atoms with Crippen LogP contribution in [0.1, 0.15) is 39.0 Å². The van der Waals surface area contributed by atoms with Crippen molar-refractivity contribution in [3.8, 4) is 0 Å². The molecule has 1 aliphatic carbocycles. The highest BCUT2D eigenvalue weighted by Gasteiger charge is 2.27. The van der Waals surface area contributed by atoms with Gasteiger partial charge in [-0.05, 0) is 31.4 Å². The van der Waals surface area contributed by atoms with Crippen molar-refractivity contribution in [2.45, 2.75) is 50.0 Å². The first kappa shape index (κ1) is 16.3. The van der Waals surface area contributed by atoms with Crippen molar-refractivity contribution >= 4 is 15.5 Å². The van der Waals surface area contributed by atoms with Gasteiger partial charge in [0, 0.05) is 12.6 Å². The van der Waals surface area contributed by atoms with Crippen molar-refractivity contribution in [2.75, 3.05) is 23.8 Å². The summed E-state index contributed by atoms with van der Waals surface area (Å²) in [6.45, 7) is 2.41. The van der Waals surface area contributed by atoms with Gasteiger partial charge in [-0.25, -0.2) is 8.42 Å². The maximum Gasteiger partial charge on any atom is 0.180 e. The van der Waals surface area contributed by atoms with Crippen molar-refractivity contribution in [1.82, 2.24) is 0 Å². The van der Waals surface area contributed by atoms with Gasteiger partial charge in [0.25, 0.3) is 0 Å². The molecule has 0 aliphatic heterocycles. The summed E-state index contributed by atoms with van der Waals surface area (Å²) in [5, 5.41) is 9.36. The van der Waals surface area contributed by atoms with E-state index in [9.17, 15) is 13.5 Å². The molecule has 0 saturated heterocycles. The lowest BCUT2D eigenvalue weighted by Gasteiger charge is -2.32. The Bertz CT molecular complexity index is 550. The van der Waals surface area contributed by atoms with Crippen LogP contribution >= 0.6 is 0 Å². The van der Waals surface area contributed by atoms with E-state index in [0.29, 0.717) is 23.9 Å². The summed E-state index contributed by atoms with van der Waals surface area (Å²) >= 11 is 0. The Morgan fingerprint density at radius 1 is 1.24 bits per heavy atom. The van der Waals surface area contributed by atoms with E-state index in [-0.39, 0.29) is 12.4 Å². The molecule has 21 heavy (non-hydrogen) atoms. The molecule has 5 heteroatoms. The van der Waals surface area contributed by atoms with Gasteiger partial charge in [-0.15, -0.1) is 0 Å². The van der Waals surface area contributed by atoms with Crippen LogP contribution in [0.25, 0.3) is 0 Å². The van der Waals surface area contributed by atoms with Crippen LogP contribution in [0.2, 0.25) is 0 Å². The number of benzene rings is 1. The summed E-state index contributed by atoms with van der Waals surface area (Å²) in [6.07, 6.45) is 5.11. The minimum Gasteiger partial charge on any atom is -0.395 e. The quantitative estimate of drug-likeness (QED) is 0.841. The molecule has 0 bridgehead atoms. The van der Waals surface area contributed by atoms with Crippen LogP contribution in [0.3, 0.4) is 0 Å². The van der Waals surface area contributed by atoms with Gasteiger partial charge >= 0.3 is 0 Å². The fourth-order valence-corrected chi connectivity index (χ4v) is 4.71. The van der Waals surface area contributed by atoms with Crippen LogP contribution in [-0.4, -0.2) is 38.5 Å². The number of nitrogens with zero attached hydrogens (tertiary/aromatic N) is 1. The zero-order valence-electron chi connectivity index (χ0n) is 12.7. The minimum absolute atomic E-state index is 0.0403. The van der Waals surface area contributed by atoms with E-state index in [0.717, 1.165) is 18.5 Å². The van der Waals surface area contributed by atoms with Gasteiger partial charge < -0.3 is 10.0 Å². The zero-order chi connectivity index (χ0) is 15.3. The van der Waals surface area contributed by atoms with E-state index < -0.39 is 9.84 Å². The second-order valence-corrected chi connectivity index (χ2v) is 7.72. The molecule has 1 saturated carbocycles. The summed E-state index contributed by atoms with van der Waals surface area (Å²) < 4.78 is 25.0. The molecular weight excluding hydrogens is 286 g/mol. The largest absolute Gasteiger partial charge is 0.395 e. The molecule has 1 aliphatic rings. The molecule has 0 spiro atoms. The van der Waals surface area contributed by atoms with Gasteiger partial charge in [-0.3, -0.25) is 0 Å². The molecule has 118 valence electrons. The number of anilines is 1. The van der Waals surface area contributed by atoms with Gasteiger partial charge in [0.05, 0.1) is 22.9 Å². The monoisotopic (exact) mass is 311 g/mol. The molecule has 0 amide bonds.